The summed E-state index contributed by atoms with van der Waals surface area (Å²) in [5.41, 5.74) is 5.49. The van der Waals surface area contributed by atoms with E-state index in [1.54, 1.807) is 12.1 Å². The van der Waals surface area contributed by atoms with Crippen molar-refractivity contribution in [1.29, 1.82) is 0 Å². The van der Waals surface area contributed by atoms with Crippen LogP contribution in [0.3, 0.4) is 0 Å². The highest BCUT2D eigenvalue weighted by atomic mass is 16.3. The summed E-state index contributed by atoms with van der Waals surface area (Å²) in [6, 6.07) is 9.45. The number of ketones is 1. The Hall–Kier alpha value is -2.29. The zero-order chi connectivity index (χ0) is 18.1. The molecule has 0 aliphatic carbocycles. The van der Waals surface area contributed by atoms with Crippen molar-refractivity contribution in [2.75, 3.05) is 18.0 Å². The maximum atomic E-state index is 13.1. The van der Waals surface area contributed by atoms with Crippen LogP contribution < -0.4 is 4.90 Å². The lowest BCUT2D eigenvalue weighted by Gasteiger charge is -2.21. The van der Waals surface area contributed by atoms with Crippen LogP contribution >= 0.6 is 0 Å². The average molecular weight is 337 g/mol. The van der Waals surface area contributed by atoms with Crippen LogP contribution in [0.4, 0.5) is 5.69 Å². The molecule has 0 unspecified atom stereocenters. The number of phenolic OH excluding ortho intramolecular Hbond substituents is 1. The SMILES string of the molecule is Cc1cc(N2CCCC2)cc(C)c1C(=O)c1ccc(O)c(C(C)C)c1. The Bertz CT molecular complexity index is 779. The number of carbonyl (C=O) groups is 1. The van der Waals surface area contributed by atoms with Crippen molar-refractivity contribution >= 4 is 11.5 Å². The largest absolute Gasteiger partial charge is 0.508 e. The molecule has 0 saturated carbocycles. The second-order valence-electron chi connectivity index (χ2n) is 7.41. The van der Waals surface area contributed by atoms with E-state index in [4.69, 9.17) is 0 Å². The van der Waals surface area contributed by atoms with Gasteiger partial charge in [0, 0.05) is 29.9 Å². The highest BCUT2D eigenvalue weighted by Crippen LogP contribution is 2.30. The van der Waals surface area contributed by atoms with Gasteiger partial charge in [0.25, 0.3) is 0 Å². The summed E-state index contributed by atoms with van der Waals surface area (Å²) in [5.74, 6) is 0.460. The van der Waals surface area contributed by atoms with Gasteiger partial charge in [-0.25, -0.2) is 0 Å². The molecule has 1 aliphatic heterocycles. The van der Waals surface area contributed by atoms with Crippen LogP contribution in [0.1, 0.15) is 65.2 Å². The number of phenols is 1. The van der Waals surface area contributed by atoms with Gasteiger partial charge in [-0.05, 0) is 79.6 Å². The number of carbonyl (C=O) groups excluding carboxylic acids is 1. The third kappa shape index (κ3) is 3.41. The molecule has 132 valence electrons. The van der Waals surface area contributed by atoms with E-state index in [0.29, 0.717) is 5.56 Å². The van der Waals surface area contributed by atoms with Gasteiger partial charge < -0.3 is 10.0 Å². The minimum atomic E-state index is 0.0323. The van der Waals surface area contributed by atoms with E-state index in [1.807, 2.05) is 33.8 Å². The lowest BCUT2D eigenvalue weighted by Crippen LogP contribution is -2.18. The van der Waals surface area contributed by atoms with Gasteiger partial charge in [0.15, 0.2) is 5.78 Å². The maximum absolute atomic E-state index is 13.1. The molecule has 0 atom stereocenters. The van der Waals surface area contributed by atoms with E-state index in [0.717, 1.165) is 35.3 Å². The standard InChI is InChI=1S/C22H27NO2/c1-14(2)19-13-17(7-8-20(19)24)22(25)21-15(3)11-18(12-16(21)4)23-9-5-6-10-23/h7-8,11-14,24H,5-6,9-10H2,1-4H3. The van der Waals surface area contributed by atoms with Crippen LogP contribution in [0.25, 0.3) is 0 Å². The summed E-state index contributed by atoms with van der Waals surface area (Å²) in [5, 5.41) is 10.0. The molecule has 1 N–H and O–H groups in total. The first-order valence-electron chi connectivity index (χ1n) is 9.12. The fraction of sp³-hybridized carbons (Fsp3) is 0.409. The normalized spacial score (nSPS) is 14.4. The van der Waals surface area contributed by atoms with Gasteiger partial charge >= 0.3 is 0 Å². The molecule has 3 rings (SSSR count). The number of anilines is 1. The van der Waals surface area contributed by atoms with Crippen LogP contribution in [0.15, 0.2) is 30.3 Å². The van der Waals surface area contributed by atoms with E-state index in [-0.39, 0.29) is 17.5 Å². The molecular weight excluding hydrogens is 310 g/mol. The number of hydrogen-bond acceptors (Lipinski definition) is 3. The topological polar surface area (TPSA) is 40.5 Å². The van der Waals surface area contributed by atoms with Crippen molar-refractivity contribution in [1.82, 2.24) is 0 Å². The van der Waals surface area contributed by atoms with Gasteiger partial charge in [-0.1, -0.05) is 13.8 Å². The number of nitrogens with zero attached hydrogens (tertiary/aromatic N) is 1. The second-order valence-corrected chi connectivity index (χ2v) is 7.41. The van der Waals surface area contributed by atoms with E-state index in [9.17, 15) is 9.90 Å². The monoisotopic (exact) mass is 337 g/mol. The van der Waals surface area contributed by atoms with Gasteiger partial charge in [-0.15, -0.1) is 0 Å². The van der Waals surface area contributed by atoms with Crippen LogP contribution in [0.5, 0.6) is 5.75 Å². The summed E-state index contributed by atoms with van der Waals surface area (Å²) in [7, 11) is 0. The maximum Gasteiger partial charge on any atom is 0.193 e. The summed E-state index contributed by atoms with van der Waals surface area (Å²) >= 11 is 0. The summed E-state index contributed by atoms with van der Waals surface area (Å²) in [4.78, 5) is 15.5. The average Bonchev–Trinajstić information content (AvgIpc) is 3.08. The Morgan fingerprint density at radius 1 is 1.04 bits per heavy atom. The molecule has 0 aromatic heterocycles. The summed E-state index contributed by atoms with van der Waals surface area (Å²) in [6.45, 7) is 10.3. The van der Waals surface area contributed by atoms with Gasteiger partial charge in [0.05, 0.1) is 0 Å². The molecule has 1 saturated heterocycles. The number of hydrogen-bond donors (Lipinski definition) is 1. The summed E-state index contributed by atoms with van der Waals surface area (Å²) < 4.78 is 0. The molecule has 2 aromatic rings. The number of aromatic hydroxyl groups is 1. The number of aryl methyl sites for hydroxylation is 2. The molecular formula is C22H27NO2. The van der Waals surface area contributed by atoms with Gasteiger partial charge in [0.2, 0.25) is 0 Å². The van der Waals surface area contributed by atoms with Crippen molar-refractivity contribution < 1.29 is 9.90 Å². The smallest absolute Gasteiger partial charge is 0.193 e. The van der Waals surface area contributed by atoms with Crippen molar-refractivity contribution in [3.8, 4) is 5.75 Å². The van der Waals surface area contributed by atoms with Crippen molar-refractivity contribution in [2.24, 2.45) is 0 Å². The first-order valence-corrected chi connectivity index (χ1v) is 9.12. The van der Waals surface area contributed by atoms with Crippen molar-refractivity contribution in [2.45, 2.75) is 46.5 Å². The van der Waals surface area contributed by atoms with E-state index in [2.05, 4.69) is 17.0 Å². The Balaban J connectivity index is 1.98. The Morgan fingerprint density at radius 2 is 1.64 bits per heavy atom. The van der Waals surface area contributed by atoms with Crippen molar-refractivity contribution in [3.05, 3.63) is 58.1 Å². The molecule has 3 nitrogen and oxygen atoms in total. The zero-order valence-electron chi connectivity index (χ0n) is 15.6. The molecule has 0 amide bonds. The number of benzene rings is 2. The van der Waals surface area contributed by atoms with Gasteiger partial charge in [-0.2, -0.15) is 0 Å². The molecule has 0 spiro atoms. The number of rotatable bonds is 4. The highest BCUT2D eigenvalue weighted by molar-refractivity contribution is 6.11. The quantitative estimate of drug-likeness (QED) is 0.801. The van der Waals surface area contributed by atoms with Gasteiger partial charge in [-0.3, -0.25) is 4.79 Å². The molecule has 1 heterocycles. The first kappa shape index (κ1) is 17.5. The fourth-order valence-electron chi connectivity index (χ4n) is 3.76. The van der Waals surface area contributed by atoms with Crippen LogP contribution in [-0.2, 0) is 0 Å². The predicted molar refractivity (Wildman–Crippen MR) is 103 cm³/mol. The Morgan fingerprint density at radius 3 is 2.20 bits per heavy atom. The predicted octanol–water partition coefficient (Wildman–Crippen LogP) is 4.96. The van der Waals surface area contributed by atoms with E-state index in [1.165, 1.54) is 18.5 Å². The Kier molecular flexibility index (Phi) is 4.85. The van der Waals surface area contributed by atoms with Crippen LogP contribution in [0, 0.1) is 13.8 Å². The molecule has 1 fully saturated rings. The molecule has 3 heteroatoms. The molecule has 2 aromatic carbocycles. The first-order chi connectivity index (χ1) is 11.9. The lowest BCUT2D eigenvalue weighted by atomic mass is 9.91. The fourth-order valence-corrected chi connectivity index (χ4v) is 3.76. The summed E-state index contributed by atoms with van der Waals surface area (Å²) in [6.07, 6.45) is 2.48. The third-order valence-electron chi connectivity index (χ3n) is 5.13. The molecule has 0 bridgehead atoms. The minimum Gasteiger partial charge on any atom is -0.508 e. The second kappa shape index (κ2) is 6.91. The van der Waals surface area contributed by atoms with Crippen LogP contribution in [-0.4, -0.2) is 24.0 Å². The van der Waals surface area contributed by atoms with E-state index < -0.39 is 0 Å². The minimum absolute atomic E-state index is 0.0323. The Labute approximate surface area is 150 Å². The van der Waals surface area contributed by atoms with Crippen molar-refractivity contribution in [3.63, 3.8) is 0 Å². The lowest BCUT2D eigenvalue weighted by molar-refractivity contribution is 0.103. The highest BCUT2D eigenvalue weighted by Gasteiger charge is 2.20. The molecule has 1 aliphatic rings. The third-order valence-corrected chi connectivity index (χ3v) is 5.13. The molecule has 0 radical (unpaired) electrons. The molecule has 25 heavy (non-hydrogen) atoms. The van der Waals surface area contributed by atoms with Crippen LogP contribution in [0.2, 0.25) is 0 Å². The van der Waals surface area contributed by atoms with E-state index >= 15 is 0 Å². The van der Waals surface area contributed by atoms with Gasteiger partial charge in [0.1, 0.15) is 5.75 Å². The zero-order valence-corrected chi connectivity index (χ0v) is 15.6.